The number of carbonyl (C=O) groups excluding carboxylic acids is 1. The maximum Gasteiger partial charge on any atom is 0.306 e. The lowest BCUT2D eigenvalue weighted by Crippen LogP contribution is -2.53. The highest BCUT2D eigenvalue weighted by Crippen LogP contribution is 2.41. The van der Waals surface area contributed by atoms with Crippen LogP contribution in [0.4, 0.5) is 4.39 Å². The lowest BCUT2D eigenvalue weighted by molar-refractivity contribution is -0.152. The first-order valence-corrected chi connectivity index (χ1v) is 12.2. The molecular weight excluding hydrogens is 433 g/mol. The molecule has 1 aromatic heterocycles. The normalized spacial score (nSPS) is 23.5. The number of carboxylic acid groups (broad SMARTS) is 1. The highest BCUT2D eigenvalue weighted by atomic mass is 19.1. The molecule has 1 aliphatic carbocycles. The van der Waals surface area contributed by atoms with Crippen molar-refractivity contribution in [1.82, 2.24) is 15.1 Å². The van der Waals surface area contributed by atoms with Crippen molar-refractivity contribution >= 4 is 22.8 Å². The minimum atomic E-state index is -0.728. The standard InChI is InChI=1S/C27H30FN3O3/c1-16(15-24(32)31-14-4-7-20-21(27(33)34)6-3-9-23(20)31)26-25-19(5-2-8-22(25)29-30-26)17-10-12-18(28)13-11-17/h2,5,8,10-13,16,20-21,23H,3-4,6-7,9,14-15H2,1H3,(H,29,30)(H,33,34). The monoisotopic (exact) mass is 463 g/mol. The van der Waals surface area contributed by atoms with E-state index in [9.17, 15) is 19.1 Å². The summed E-state index contributed by atoms with van der Waals surface area (Å²) in [6.45, 7) is 2.71. The lowest BCUT2D eigenvalue weighted by atomic mass is 9.71. The van der Waals surface area contributed by atoms with Crippen LogP contribution in [-0.4, -0.2) is 44.7 Å². The molecule has 2 aliphatic rings. The van der Waals surface area contributed by atoms with Gasteiger partial charge in [0.1, 0.15) is 5.82 Å². The van der Waals surface area contributed by atoms with Crippen molar-refractivity contribution in [3.05, 3.63) is 54.0 Å². The Morgan fingerprint density at radius 1 is 1.15 bits per heavy atom. The Bertz CT molecular complexity index is 1210. The van der Waals surface area contributed by atoms with E-state index in [0.29, 0.717) is 19.4 Å². The topological polar surface area (TPSA) is 86.3 Å². The first kappa shape index (κ1) is 22.6. The van der Waals surface area contributed by atoms with Crippen LogP contribution in [0.15, 0.2) is 42.5 Å². The molecule has 2 N–H and O–H groups in total. The number of hydrogen-bond acceptors (Lipinski definition) is 3. The van der Waals surface area contributed by atoms with Gasteiger partial charge in [-0.2, -0.15) is 5.10 Å². The highest BCUT2D eigenvalue weighted by molar-refractivity contribution is 5.97. The maximum atomic E-state index is 13.5. The van der Waals surface area contributed by atoms with Crippen LogP contribution in [0.5, 0.6) is 0 Å². The number of amides is 1. The summed E-state index contributed by atoms with van der Waals surface area (Å²) in [6.07, 6.45) is 4.49. The molecule has 7 heteroatoms. The molecule has 1 saturated heterocycles. The molecule has 1 aliphatic heterocycles. The molecule has 5 rings (SSSR count). The van der Waals surface area contributed by atoms with Crippen LogP contribution in [0, 0.1) is 17.7 Å². The number of carboxylic acids is 1. The molecule has 4 atom stereocenters. The summed E-state index contributed by atoms with van der Waals surface area (Å²) >= 11 is 0. The van der Waals surface area contributed by atoms with Crippen LogP contribution < -0.4 is 0 Å². The first-order chi connectivity index (χ1) is 16.4. The van der Waals surface area contributed by atoms with Gasteiger partial charge < -0.3 is 10.0 Å². The SMILES string of the molecule is CC(CC(=O)N1CCCC2C(C(=O)O)CCCC21)c1n[nH]c2cccc(-c3ccc(F)cc3)c12. The van der Waals surface area contributed by atoms with Crippen molar-refractivity contribution in [2.45, 2.75) is 57.4 Å². The van der Waals surface area contributed by atoms with E-state index in [1.165, 1.54) is 12.1 Å². The lowest BCUT2D eigenvalue weighted by Gasteiger charge is -2.46. The predicted molar refractivity (Wildman–Crippen MR) is 128 cm³/mol. The van der Waals surface area contributed by atoms with Crippen LogP contribution in [0.3, 0.4) is 0 Å². The molecule has 0 radical (unpaired) electrons. The summed E-state index contributed by atoms with van der Waals surface area (Å²) in [5.74, 6) is -1.36. The van der Waals surface area contributed by atoms with Gasteiger partial charge in [-0.05, 0) is 60.9 Å². The van der Waals surface area contributed by atoms with Gasteiger partial charge in [0.15, 0.2) is 0 Å². The molecule has 1 saturated carbocycles. The Kier molecular flexibility index (Phi) is 6.11. The van der Waals surface area contributed by atoms with Gasteiger partial charge in [-0.25, -0.2) is 4.39 Å². The smallest absolute Gasteiger partial charge is 0.306 e. The summed E-state index contributed by atoms with van der Waals surface area (Å²) in [5.41, 5.74) is 3.55. The first-order valence-electron chi connectivity index (χ1n) is 12.2. The number of nitrogens with one attached hydrogen (secondary N) is 1. The van der Waals surface area contributed by atoms with Crippen molar-refractivity contribution in [2.75, 3.05) is 6.54 Å². The number of aliphatic carboxylic acids is 1. The Hall–Kier alpha value is -3.22. The average molecular weight is 464 g/mol. The molecule has 6 nitrogen and oxygen atoms in total. The number of fused-ring (bicyclic) bond motifs is 2. The Morgan fingerprint density at radius 2 is 1.94 bits per heavy atom. The zero-order valence-corrected chi connectivity index (χ0v) is 19.3. The molecule has 4 unspecified atom stereocenters. The van der Waals surface area contributed by atoms with Crippen LogP contribution in [-0.2, 0) is 9.59 Å². The van der Waals surface area contributed by atoms with Crippen LogP contribution in [0.2, 0.25) is 0 Å². The van der Waals surface area contributed by atoms with Gasteiger partial charge in [0, 0.05) is 30.3 Å². The number of H-pyrrole nitrogens is 1. The van der Waals surface area contributed by atoms with E-state index >= 15 is 0 Å². The minimum Gasteiger partial charge on any atom is -0.481 e. The van der Waals surface area contributed by atoms with E-state index in [4.69, 9.17) is 0 Å². The molecule has 178 valence electrons. The summed E-state index contributed by atoms with van der Waals surface area (Å²) in [5, 5.41) is 18.3. The molecule has 3 aromatic rings. The fourth-order valence-corrected chi connectivity index (χ4v) is 6.10. The van der Waals surface area contributed by atoms with Gasteiger partial charge in [0.25, 0.3) is 0 Å². The predicted octanol–water partition coefficient (Wildman–Crippen LogP) is 5.35. The van der Waals surface area contributed by atoms with Gasteiger partial charge in [-0.3, -0.25) is 14.7 Å². The molecule has 2 aromatic carbocycles. The van der Waals surface area contributed by atoms with Gasteiger partial charge in [0.2, 0.25) is 5.91 Å². The Morgan fingerprint density at radius 3 is 2.71 bits per heavy atom. The molecule has 2 heterocycles. The van der Waals surface area contributed by atoms with Crippen molar-refractivity contribution in [3.63, 3.8) is 0 Å². The van der Waals surface area contributed by atoms with Crippen molar-refractivity contribution in [1.29, 1.82) is 0 Å². The van der Waals surface area contributed by atoms with Gasteiger partial charge in [0.05, 0.1) is 17.1 Å². The van der Waals surface area contributed by atoms with Crippen LogP contribution in [0.1, 0.15) is 57.1 Å². The second kappa shape index (κ2) is 9.20. The zero-order valence-electron chi connectivity index (χ0n) is 19.3. The van der Waals surface area contributed by atoms with E-state index in [1.807, 2.05) is 30.0 Å². The van der Waals surface area contributed by atoms with E-state index in [1.54, 1.807) is 12.1 Å². The Balaban J connectivity index is 1.40. The summed E-state index contributed by atoms with van der Waals surface area (Å²) in [6, 6.07) is 12.3. The van der Waals surface area contributed by atoms with Crippen molar-refractivity contribution < 1.29 is 19.1 Å². The van der Waals surface area contributed by atoms with Gasteiger partial charge in [-0.1, -0.05) is 37.6 Å². The average Bonchev–Trinajstić information content (AvgIpc) is 3.28. The molecule has 34 heavy (non-hydrogen) atoms. The zero-order chi connectivity index (χ0) is 23.8. The van der Waals surface area contributed by atoms with Crippen molar-refractivity contribution in [3.8, 4) is 11.1 Å². The van der Waals surface area contributed by atoms with Gasteiger partial charge >= 0.3 is 5.97 Å². The number of aromatic amines is 1. The molecule has 2 fully saturated rings. The number of nitrogens with zero attached hydrogens (tertiary/aromatic N) is 2. The second-order valence-corrected chi connectivity index (χ2v) is 9.79. The summed E-state index contributed by atoms with van der Waals surface area (Å²) in [4.78, 5) is 27.2. The third-order valence-corrected chi connectivity index (χ3v) is 7.72. The number of hydrogen-bond donors (Lipinski definition) is 2. The number of benzene rings is 2. The number of halogens is 1. The molecule has 1 amide bonds. The van der Waals surface area contributed by atoms with Gasteiger partial charge in [-0.15, -0.1) is 0 Å². The van der Waals surface area contributed by atoms with E-state index < -0.39 is 5.97 Å². The maximum absolute atomic E-state index is 13.5. The van der Waals surface area contributed by atoms with Crippen molar-refractivity contribution in [2.24, 2.45) is 11.8 Å². The number of carbonyl (C=O) groups is 2. The largest absolute Gasteiger partial charge is 0.481 e. The number of piperidine rings is 1. The number of likely N-dealkylation sites (tertiary alicyclic amines) is 1. The highest BCUT2D eigenvalue weighted by Gasteiger charge is 2.43. The minimum absolute atomic E-state index is 0.0222. The fourth-order valence-electron chi connectivity index (χ4n) is 6.10. The number of aromatic nitrogens is 2. The summed E-state index contributed by atoms with van der Waals surface area (Å²) in [7, 11) is 0. The number of rotatable bonds is 5. The third kappa shape index (κ3) is 4.08. The quantitative estimate of drug-likeness (QED) is 0.534. The fraction of sp³-hybridized carbons (Fsp3) is 0.444. The van der Waals surface area contributed by atoms with E-state index in [-0.39, 0.29) is 35.5 Å². The van der Waals surface area contributed by atoms with E-state index in [0.717, 1.165) is 53.4 Å². The second-order valence-electron chi connectivity index (χ2n) is 9.79. The Labute approximate surface area is 198 Å². The molecule has 0 spiro atoms. The van der Waals surface area contributed by atoms with E-state index in [2.05, 4.69) is 10.2 Å². The van der Waals surface area contributed by atoms with Crippen LogP contribution >= 0.6 is 0 Å². The molecular formula is C27H30FN3O3. The summed E-state index contributed by atoms with van der Waals surface area (Å²) < 4.78 is 13.5. The van der Waals surface area contributed by atoms with Crippen LogP contribution in [0.25, 0.3) is 22.0 Å². The molecule has 0 bridgehead atoms. The third-order valence-electron chi connectivity index (χ3n) is 7.72.